The van der Waals surface area contributed by atoms with Crippen molar-refractivity contribution in [3.63, 3.8) is 0 Å². The summed E-state index contributed by atoms with van der Waals surface area (Å²) in [4.78, 5) is 12.3. The lowest BCUT2D eigenvalue weighted by Crippen LogP contribution is -2.65. The van der Waals surface area contributed by atoms with E-state index in [1.165, 1.54) is 0 Å². The Hall–Kier alpha value is -0.256. The van der Waals surface area contributed by atoms with Gasteiger partial charge in [-0.2, -0.15) is 0 Å². The molecular formula is C22H46O6Si2. The van der Waals surface area contributed by atoms with Gasteiger partial charge >= 0.3 is 5.97 Å². The molecule has 0 saturated carbocycles. The third-order valence-electron chi connectivity index (χ3n) is 6.99. The molecule has 0 bridgehead atoms. The molecule has 1 heterocycles. The molecule has 1 aliphatic rings. The van der Waals surface area contributed by atoms with Crippen molar-refractivity contribution in [3.05, 3.63) is 0 Å². The van der Waals surface area contributed by atoms with Crippen molar-refractivity contribution >= 4 is 22.6 Å². The summed E-state index contributed by atoms with van der Waals surface area (Å²) in [5, 5.41) is 0.00339. The first-order valence-electron chi connectivity index (χ1n) is 11.1. The molecule has 0 aromatic carbocycles. The second-order valence-corrected chi connectivity index (χ2v) is 21.0. The Balaban J connectivity index is 3.45. The first-order valence-corrected chi connectivity index (χ1v) is 16.9. The van der Waals surface area contributed by atoms with Gasteiger partial charge < -0.3 is 23.1 Å². The molecule has 5 atom stereocenters. The van der Waals surface area contributed by atoms with Crippen LogP contribution in [0.25, 0.3) is 0 Å². The number of carbonyl (C=O) groups excluding carboxylic acids is 1. The number of hydrogen-bond acceptors (Lipinski definition) is 6. The maximum Gasteiger partial charge on any atom is 0.305 e. The number of hydrogen-bond donors (Lipinski definition) is 0. The average Bonchev–Trinajstić information content (AvgIpc) is 2.57. The Kier molecular flexibility index (Phi) is 8.99. The fourth-order valence-electron chi connectivity index (χ4n) is 2.85. The van der Waals surface area contributed by atoms with Gasteiger partial charge in [-0.3, -0.25) is 4.79 Å². The molecule has 0 N–H and O–H groups in total. The van der Waals surface area contributed by atoms with Crippen LogP contribution in [-0.4, -0.2) is 60.4 Å². The third-order valence-corrected chi connectivity index (χ3v) is 15.9. The zero-order chi connectivity index (χ0) is 23.7. The van der Waals surface area contributed by atoms with Gasteiger partial charge in [-0.15, -0.1) is 0 Å². The quantitative estimate of drug-likeness (QED) is 0.369. The van der Waals surface area contributed by atoms with Crippen LogP contribution in [0.3, 0.4) is 0 Å². The van der Waals surface area contributed by atoms with Gasteiger partial charge in [-0.05, 0) is 43.2 Å². The standard InChI is InChI=1S/C22H46O6Si2/c1-14-16(23)26-17-15(2)25-20(24-9)19(28-30(12,13)22(6,7)8)18(17)27-29(10,11)21(3,4)5/h15,17-20H,14H2,1-13H3/t15?,17-,18+,19?,20+/m1/s1. The predicted octanol–water partition coefficient (Wildman–Crippen LogP) is 5.48. The normalized spacial score (nSPS) is 29.0. The highest BCUT2D eigenvalue weighted by Crippen LogP contribution is 2.43. The molecule has 0 radical (unpaired) electrons. The summed E-state index contributed by atoms with van der Waals surface area (Å²) in [6, 6.07) is 0. The second kappa shape index (κ2) is 9.71. The van der Waals surface area contributed by atoms with Gasteiger partial charge in [-0.25, -0.2) is 0 Å². The molecule has 0 aliphatic carbocycles. The summed E-state index contributed by atoms with van der Waals surface area (Å²) in [7, 11) is -2.75. The molecule has 0 amide bonds. The van der Waals surface area contributed by atoms with Crippen molar-refractivity contribution in [3.8, 4) is 0 Å². The van der Waals surface area contributed by atoms with Crippen molar-refractivity contribution < 1.29 is 27.9 Å². The van der Waals surface area contributed by atoms with Crippen LogP contribution in [0.15, 0.2) is 0 Å². The summed E-state index contributed by atoms with van der Waals surface area (Å²) in [5.74, 6) is -0.263. The zero-order valence-corrected chi connectivity index (χ0v) is 23.5. The smallest absolute Gasteiger partial charge is 0.305 e. The Morgan fingerprint density at radius 2 is 1.30 bits per heavy atom. The van der Waals surface area contributed by atoms with E-state index in [4.69, 9.17) is 23.1 Å². The topological polar surface area (TPSA) is 63.2 Å². The average molecular weight is 463 g/mol. The van der Waals surface area contributed by atoms with Crippen LogP contribution >= 0.6 is 0 Å². The lowest BCUT2D eigenvalue weighted by molar-refractivity contribution is -0.282. The van der Waals surface area contributed by atoms with E-state index in [0.717, 1.165) is 0 Å². The van der Waals surface area contributed by atoms with E-state index in [1.807, 2.05) is 6.92 Å². The molecule has 8 heteroatoms. The highest BCUT2D eigenvalue weighted by molar-refractivity contribution is 6.74. The number of ether oxygens (including phenoxy) is 3. The molecule has 6 nitrogen and oxygen atoms in total. The van der Waals surface area contributed by atoms with Crippen LogP contribution in [0.5, 0.6) is 0 Å². The summed E-state index contributed by atoms with van der Waals surface area (Å²) in [6.45, 7) is 25.7. The molecule has 1 aliphatic heterocycles. The number of methoxy groups -OCH3 is 1. The van der Waals surface area contributed by atoms with Gasteiger partial charge in [0.1, 0.15) is 12.2 Å². The molecule has 2 unspecified atom stereocenters. The lowest BCUT2D eigenvalue weighted by Gasteiger charge is -2.51. The summed E-state index contributed by atoms with van der Waals surface area (Å²) < 4.78 is 31.4. The van der Waals surface area contributed by atoms with Crippen molar-refractivity contribution in [1.29, 1.82) is 0 Å². The molecule has 178 valence electrons. The zero-order valence-electron chi connectivity index (χ0n) is 21.5. The minimum Gasteiger partial charge on any atom is -0.457 e. The fraction of sp³-hybridized carbons (Fsp3) is 0.955. The predicted molar refractivity (Wildman–Crippen MR) is 126 cm³/mol. The van der Waals surface area contributed by atoms with E-state index in [-0.39, 0.29) is 22.1 Å². The first-order chi connectivity index (χ1) is 13.4. The third kappa shape index (κ3) is 6.39. The Morgan fingerprint density at radius 3 is 1.67 bits per heavy atom. The summed E-state index contributed by atoms with van der Waals surface area (Å²) >= 11 is 0. The van der Waals surface area contributed by atoms with Crippen LogP contribution in [0.1, 0.15) is 61.8 Å². The van der Waals surface area contributed by atoms with Crippen LogP contribution in [0, 0.1) is 0 Å². The lowest BCUT2D eigenvalue weighted by atomic mass is 9.99. The molecule has 1 rings (SSSR count). The minimum atomic E-state index is -2.20. The van der Waals surface area contributed by atoms with E-state index in [9.17, 15) is 4.79 Å². The van der Waals surface area contributed by atoms with E-state index in [0.29, 0.717) is 6.42 Å². The van der Waals surface area contributed by atoms with Gasteiger partial charge in [-0.1, -0.05) is 48.5 Å². The monoisotopic (exact) mass is 462 g/mol. The second-order valence-electron chi connectivity index (χ2n) is 11.4. The summed E-state index contributed by atoms with van der Waals surface area (Å²) in [5.41, 5.74) is 0. The highest BCUT2D eigenvalue weighted by Gasteiger charge is 2.54. The van der Waals surface area contributed by atoms with Gasteiger partial charge in [0.15, 0.2) is 29.0 Å². The van der Waals surface area contributed by atoms with Crippen molar-refractivity contribution in [2.75, 3.05) is 7.11 Å². The van der Waals surface area contributed by atoms with Gasteiger partial charge in [0.25, 0.3) is 0 Å². The van der Waals surface area contributed by atoms with Crippen molar-refractivity contribution in [2.45, 2.75) is 129 Å². The SMILES string of the molecule is CCC(=O)O[C@@H]1C(C)O[C@H](OC)C(O[Si](C)(C)C(C)(C)C)[C@H]1O[Si](C)(C)C(C)(C)C. The van der Waals surface area contributed by atoms with Crippen LogP contribution in [0.2, 0.25) is 36.3 Å². The molecular weight excluding hydrogens is 416 g/mol. The summed E-state index contributed by atoms with van der Waals surface area (Å²) in [6.07, 6.45) is -2.12. The Labute approximate surface area is 186 Å². The van der Waals surface area contributed by atoms with E-state index >= 15 is 0 Å². The largest absolute Gasteiger partial charge is 0.457 e. The van der Waals surface area contributed by atoms with Gasteiger partial charge in [0.2, 0.25) is 0 Å². The molecule has 30 heavy (non-hydrogen) atoms. The maximum absolute atomic E-state index is 12.3. The molecule has 0 aromatic rings. The van der Waals surface area contributed by atoms with Crippen LogP contribution in [-0.2, 0) is 27.9 Å². The highest BCUT2D eigenvalue weighted by atomic mass is 28.4. The Bertz CT molecular complexity index is 579. The number of esters is 1. The maximum atomic E-state index is 12.3. The number of carbonyl (C=O) groups is 1. The Morgan fingerprint density at radius 1 is 0.867 bits per heavy atom. The number of rotatable bonds is 7. The molecule has 1 fully saturated rings. The van der Waals surface area contributed by atoms with Crippen molar-refractivity contribution in [1.82, 2.24) is 0 Å². The van der Waals surface area contributed by atoms with Gasteiger partial charge in [0, 0.05) is 13.5 Å². The van der Waals surface area contributed by atoms with Gasteiger partial charge in [0.05, 0.1) is 6.10 Å². The molecule has 0 spiro atoms. The van der Waals surface area contributed by atoms with Crippen molar-refractivity contribution in [2.24, 2.45) is 0 Å². The molecule has 1 saturated heterocycles. The molecule has 0 aromatic heterocycles. The first kappa shape index (κ1) is 27.8. The van der Waals surface area contributed by atoms with E-state index in [1.54, 1.807) is 14.0 Å². The minimum absolute atomic E-state index is 0.00203. The van der Waals surface area contributed by atoms with E-state index < -0.39 is 41.2 Å². The van der Waals surface area contributed by atoms with E-state index in [2.05, 4.69) is 67.7 Å². The van der Waals surface area contributed by atoms with Crippen LogP contribution < -0.4 is 0 Å². The fourth-order valence-corrected chi connectivity index (χ4v) is 5.44. The van der Waals surface area contributed by atoms with Crippen LogP contribution in [0.4, 0.5) is 0 Å².